The minimum Gasteiger partial charge on any atom is -0.469 e. The quantitative estimate of drug-likeness (QED) is 0.605. The van der Waals surface area contributed by atoms with Crippen molar-refractivity contribution in [2.24, 2.45) is 11.7 Å². The topological polar surface area (TPSA) is 119 Å². The van der Waals surface area contributed by atoms with Crippen LogP contribution < -0.4 is 10.5 Å². The second-order valence-corrected chi connectivity index (χ2v) is 7.03. The number of hydrogen-bond donors (Lipinski definition) is 2. The fourth-order valence-corrected chi connectivity index (χ4v) is 3.44. The maximum absolute atomic E-state index is 12.1. The van der Waals surface area contributed by atoms with Gasteiger partial charge in [0.1, 0.15) is 0 Å². The number of rotatable bonds is 7. The van der Waals surface area contributed by atoms with Crippen LogP contribution in [-0.2, 0) is 24.5 Å². The number of methoxy groups -OCH3 is 1. The lowest BCUT2D eigenvalue weighted by Crippen LogP contribution is -2.46. The van der Waals surface area contributed by atoms with Crippen molar-refractivity contribution in [3.8, 4) is 0 Å². The Balaban J connectivity index is 2.45. The molecule has 0 atom stereocenters. The fourth-order valence-electron chi connectivity index (χ4n) is 2.27. The summed E-state index contributed by atoms with van der Waals surface area (Å²) in [4.78, 5) is 22.1. The van der Waals surface area contributed by atoms with Gasteiger partial charge in [-0.25, -0.2) is 0 Å². The van der Waals surface area contributed by atoms with E-state index < -0.39 is 16.2 Å². The van der Waals surface area contributed by atoms with E-state index in [-0.39, 0.29) is 30.8 Å². The minimum atomic E-state index is -3.64. The standard InChI is InChI=1S/C12H23N3O5S/c1-15(8-7-11(16)20-2)21(18,19)14-10-5-3-9(4-6-10)12(13)17/h9-10,14H,3-8H2,1-2H3,(H2,13,17). The Kier molecular flexibility index (Phi) is 6.56. The van der Waals surface area contributed by atoms with E-state index in [4.69, 9.17) is 5.73 Å². The largest absolute Gasteiger partial charge is 0.469 e. The SMILES string of the molecule is COC(=O)CCN(C)S(=O)(=O)NC1CCC(C(N)=O)CC1. The van der Waals surface area contributed by atoms with Gasteiger partial charge in [-0.3, -0.25) is 9.59 Å². The molecule has 1 aliphatic rings. The molecule has 0 saturated heterocycles. The van der Waals surface area contributed by atoms with Crippen molar-refractivity contribution in [1.29, 1.82) is 0 Å². The molecule has 1 amide bonds. The van der Waals surface area contributed by atoms with Crippen molar-refractivity contribution in [2.45, 2.75) is 38.1 Å². The maximum Gasteiger partial charge on any atom is 0.306 e. The number of nitrogens with one attached hydrogen (secondary N) is 1. The number of ether oxygens (including phenoxy) is 1. The molecular formula is C12H23N3O5S. The van der Waals surface area contributed by atoms with Crippen molar-refractivity contribution in [3.05, 3.63) is 0 Å². The van der Waals surface area contributed by atoms with Crippen LogP contribution in [0, 0.1) is 5.92 Å². The van der Waals surface area contributed by atoms with E-state index in [1.54, 1.807) is 0 Å². The van der Waals surface area contributed by atoms with Crippen LogP contribution in [0.4, 0.5) is 0 Å². The van der Waals surface area contributed by atoms with Gasteiger partial charge in [-0.15, -0.1) is 0 Å². The average molecular weight is 321 g/mol. The molecule has 0 aromatic carbocycles. The molecule has 0 spiro atoms. The van der Waals surface area contributed by atoms with Gasteiger partial charge in [0, 0.05) is 25.6 Å². The average Bonchev–Trinajstić information content (AvgIpc) is 2.44. The molecule has 0 aliphatic heterocycles. The lowest BCUT2D eigenvalue weighted by atomic mass is 9.86. The summed E-state index contributed by atoms with van der Waals surface area (Å²) in [5, 5.41) is 0. The van der Waals surface area contributed by atoms with E-state index >= 15 is 0 Å². The van der Waals surface area contributed by atoms with Crippen molar-refractivity contribution in [3.63, 3.8) is 0 Å². The molecule has 9 heteroatoms. The predicted molar refractivity (Wildman–Crippen MR) is 76.3 cm³/mol. The number of carbonyl (C=O) groups is 2. The van der Waals surface area contributed by atoms with Crippen LogP contribution in [0.5, 0.6) is 0 Å². The number of nitrogens with zero attached hydrogens (tertiary/aromatic N) is 1. The third kappa shape index (κ3) is 5.60. The second-order valence-electron chi connectivity index (χ2n) is 5.22. The van der Waals surface area contributed by atoms with Crippen LogP contribution in [0.15, 0.2) is 0 Å². The van der Waals surface area contributed by atoms with E-state index in [0.29, 0.717) is 25.7 Å². The van der Waals surface area contributed by atoms with Crippen molar-refractivity contribution in [2.75, 3.05) is 20.7 Å². The van der Waals surface area contributed by atoms with E-state index in [0.717, 1.165) is 4.31 Å². The number of esters is 1. The summed E-state index contributed by atoms with van der Waals surface area (Å²) >= 11 is 0. The summed E-state index contributed by atoms with van der Waals surface area (Å²) in [6.45, 7) is 0.0542. The molecule has 1 saturated carbocycles. The van der Waals surface area contributed by atoms with E-state index in [2.05, 4.69) is 9.46 Å². The normalized spacial score (nSPS) is 23.0. The summed E-state index contributed by atoms with van der Waals surface area (Å²) in [5.74, 6) is -0.951. The van der Waals surface area contributed by atoms with E-state index in [1.165, 1.54) is 14.2 Å². The van der Waals surface area contributed by atoms with E-state index in [9.17, 15) is 18.0 Å². The Labute approximate surface area is 125 Å². The summed E-state index contributed by atoms with van der Waals surface area (Å²) in [6, 6.07) is -0.203. The highest BCUT2D eigenvalue weighted by atomic mass is 32.2. The first-order valence-corrected chi connectivity index (χ1v) is 8.30. The number of carbonyl (C=O) groups excluding carboxylic acids is 2. The molecule has 122 valence electrons. The zero-order valence-corrected chi connectivity index (χ0v) is 13.2. The van der Waals surface area contributed by atoms with Gasteiger partial charge >= 0.3 is 5.97 Å². The van der Waals surface area contributed by atoms with Gasteiger partial charge < -0.3 is 10.5 Å². The van der Waals surface area contributed by atoms with Gasteiger partial charge in [-0.05, 0) is 25.7 Å². The zero-order chi connectivity index (χ0) is 16.0. The van der Waals surface area contributed by atoms with Crippen LogP contribution in [0.25, 0.3) is 0 Å². The summed E-state index contributed by atoms with van der Waals surface area (Å²) in [7, 11) is -0.983. The Morgan fingerprint density at radius 3 is 2.33 bits per heavy atom. The highest BCUT2D eigenvalue weighted by Gasteiger charge is 2.29. The Bertz CT molecular complexity index is 471. The van der Waals surface area contributed by atoms with Gasteiger partial charge in [0.25, 0.3) is 10.2 Å². The third-order valence-corrected chi connectivity index (χ3v) is 5.35. The molecule has 21 heavy (non-hydrogen) atoms. The first-order valence-electron chi connectivity index (χ1n) is 6.86. The third-order valence-electron chi connectivity index (χ3n) is 3.71. The van der Waals surface area contributed by atoms with Crippen molar-refractivity contribution >= 4 is 22.1 Å². The molecule has 1 fully saturated rings. The minimum absolute atomic E-state index is 0.00231. The summed E-state index contributed by atoms with van der Waals surface area (Å²) in [6.07, 6.45) is 2.35. The maximum atomic E-state index is 12.1. The fraction of sp³-hybridized carbons (Fsp3) is 0.833. The number of nitrogens with two attached hydrogens (primary N) is 1. The number of primary amides is 1. The molecule has 8 nitrogen and oxygen atoms in total. The number of amides is 1. The van der Waals surface area contributed by atoms with Gasteiger partial charge in [0.2, 0.25) is 5.91 Å². The molecule has 0 bridgehead atoms. The zero-order valence-electron chi connectivity index (χ0n) is 12.4. The Hall–Kier alpha value is -1.19. The van der Waals surface area contributed by atoms with Crippen molar-refractivity contribution < 1.29 is 22.7 Å². The lowest BCUT2D eigenvalue weighted by molar-refractivity contribution is -0.140. The Morgan fingerprint density at radius 1 is 1.29 bits per heavy atom. The molecule has 0 aromatic rings. The summed E-state index contributed by atoms with van der Waals surface area (Å²) in [5.41, 5.74) is 5.24. The smallest absolute Gasteiger partial charge is 0.306 e. The molecule has 3 N–H and O–H groups in total. The van der Waals surface area contributed by atoms with Crippen LogP contribution >= 0.6 is 0 Å². The number of hydrogen-bond acceptors (Lipinski definition) is 5. The molecule has 0 heterocycles. The van der Waals surface area contributed by atoms with Crippen LogP contribution in [0.1, 0.15) is 32.1 Å². The van der Waals surface area contributed by atoms with Crippen molar-refractivity contribution in [1.82, 2.24) is 9.03 Å². The predicted octanol–water partition coefficient (Wildman–Crippen LogP) is -0.640. The van der Waals surface area contributed by atoms with Crippen LogP contribution in [0.2, 0.25) is 0 Å². The molecule has 0 unspecified atom stereocenters. The van der Waals surface area contributed by atoms with Crippen LogP contribution in [-0.4, -0.2) is 51.3 Å². The monoisotopic (exact) mass is 321 g/mol. The van der Waals surface area contributed by atoms with Gasteiger partial charge in [-0.2, -0.15) is 17.4 Å². The molecule has 0 radical (unpaired) electrons. The van der Waals surface area contributed by atoms with E-state index in [1.807, 2.05) is 0 Å². The summed E-state index contributed by atoms with van der Waals surface area (Å²) < 4.78 is 32.3. The molecule has 0 aromatic heterocycles. The van der Waals surface area contributed by atoms with Crippen LogP contribution in [0.3, 0.4) is 0 Å². The van der Waals surface area contributed by atoms with Gasteiger partial charge in [-0.1, -0.05) is 0 Å². The second kappa shape index (κ2) is 7.71. The first-order chi connectivity index (χ1) is 9.76. The van der Waals surface area contributed by atoms with Gasteiger partial charge in [0.05, 0.1) is 13.5 Å². The lowest BCUT2D eigenvalue weighted by Gasteiger charge is -2.28. The highest BCUT2D eigenvalue weighted by Crippen LogP contribution is 2.24. The highest BCUT2D eigenvalue weighted by molar-refractivity contribution is 7.87. The molecule has 1 aliphatic carbocycles. The molecule has 1 rings (SSSR count). The molecular weight excluding hydrogens is 298 g/mol. The van der Waals surface area contributed by atoms with Gasteiger partial charge in [0.15, 0.2) is 0 Å². The Morgan fingerprint density at radius 2 is 1.86 bits per heavy atom. The first kappa shape index (κ1) is 17.9.